The van der Waals surface area contributed by atoms with Crippen molar-refractivity contribution in [3.8, 4) is 11.9 Å². The number of Topliss-reactive ketones (excluding diaryl/α,β-unsaturated/α-hetero) is 1. The van der Waals surface area contributed by atoms with Gasteiger partial charge in [-0.1, -0.05) is 12.1 Å². The normalized spacial score (nSPS) is 16.1. The number of benzene rings is 1. The Labute approximate surface area is 162 Å². The van der Waals surface area contributed by atoms with Crippen LogP contribution in [0, 0.1) is 17.1 Å². The summed E-state index contributed by atoms with van der Waals surface area (Å²) in [5, 5.41) is 12.2. The van der Waals surface area contributed by atoms with E-state index in [4.69, 9.17) is 14.7 Å². The molecule has 2 aromatic rings. The molecule has 1 fully saturated rings. The van der Waals surface area contributed by atoms with Crippen LogP contribution >= 0.6 is 12.4 Å². The number of pyridine rings is 1. The van der Waals surface area contributed by atoms with Crippen molar-refractivity contribution in [2.45, 2.75) is 12.5 Å². The number of methoxy groups -OCH3 is 1. The van der Waals surface area contributed by atoms with Gasteiger partial charge in [-0.05, 0) is 23.3 Å². The Hall–Kier alpha value is -2.53. The number of nitrogens with zero attached hydrogens (tertiary/aromatic N) is 2. The lowest BCUT2D eigenvalue weighted by atomic mass is 9.99. The summed E-state index contributed by atoms with van der Waals surface area (Å²) < 4.78 is 25.1. The van der Waals surface area contributed by atoms with E-state index in [0.29, 0.717) is 13.2 Å². The number of carbonyl (C=O) groups is 1. The van der Waals surface area contributed by atoms with Gasteiger partial charge in [0.25, 0.3) is 0 Å². The molecule has 1 aromatic heterocycles. The first kappa shape index (κ1) is 20.8. The van der Waals surface area contributed by atoms with Gasteiger partial charge in [0.1, 0.15) is 17.6 Å². The second-order valence-corrected chi connectivity index (χ2v) is 5.91. The van der Waals surface area contributed by atoms with Crippen LogP contribution < -0.4 is 10.1 Å². The summed E-state index contributed by atoms with van der Waals surface area (Å²) in [6, 6.07) is 9.48. The summed E-state index contributed by atoms with van der Waals surface area (Å²) in [6.45, 7) is 1.99. The standard InChI is InChI=1S/C19H18FN3O3.ClH/c1-25-19-9-14(6-15(10-21)23-19)17(24)8-12-2-3-13(7-16(12)20)18-11-22-4-5-26-18;/h2-3,6-7,9,18,22H,4-5,8,11H2,1H3;1H/t18-;/m1./s1. The number of aromatic nitrogens is 1. The third kappa shape index (κ3) is 5.01. The maximum atomic E-state index is 14.5. The molecule has 1 atom stereocenters. The topological polar surface area (TPSA) is 84.2 Å². The summed E-state index contributed by atoms with van der Waals surface area (Å²) in [5.74, 6) is -0.596. The zero-order chi connectivity index (χ0) is 18.5. The minimum Gasteiger partial charge on any atom is -0.481 e. The molecule has 0 spiro atoms. The lowest BCUT2D eigenvalue weighted by Gasteiger charge is -2.24. The molecular formula is C19H19ClFN3O3. The van der Waals surface area contributed by atoms with Crippen LogP contribution in [0.3, 0.4) is 0 Å². The second kappa shape index (κ2) is 9.42. The number of nitriles is 1. The lowest BCUT2D eigenvalue weighted by Crippen LogP contribution is -2.33. The Morgan fingerprint density at radius 2 is 2.26 bits per heavy atom. The van der Waals surface area contributed by atoms with Crippen LogP contribution in [0.4, 0.5) is 4.39 Å². The van der Waals surface area contributed by atoms with E-state index in [0.717, 1.165) is 12.1 Å². The van der Waals surface area contributed by atoms with Gasteiger partial charge in [-0.15, -0.1) is 12.4 Å². The first-order chi connectivity index (χ1) is 12.6. The number of nitrogens with one attached hydrogen (secondary N) is 1. The molecular weight excluding hydrogens is 373 g/mol. The third-order valence-electron chi connectivity index (χ3n) is 4.18. The monoisotopic (exact) mass is 391 g/mol. The van der Waals surface area contributed by atoms with Gasteiger partial charge in [0.05, 0.1) is 19.8 Å². The number of carbonyl (C=O) groups excluding carboxylic acids is 1. The van der Waals surface area contributed by atoms with E-state index in [-0.39, 0.29) is 53.4 Å². The number of morpholine rings is 1. The van der Waals surface area contributed by atoms with Crippen LogP contribution in [0.2, 0.25) is 0 Å². The predicted molar refractivity (Wildman–Crippen MR) is 98.7 cm³/mol. The van der Waals surface area contributed by atoms with E-state index in [1.807, 2.05) is 6.07 Å². The molecule has 0 radical (unpaired) electrons. The Bertz CT molecular complexity index is 864. The van der Waals surface area contributed by atoms with Crippen LogP contribution in [0.1, 0.15) is 33.3 Å². The number of hydrogen-bond acceptors (Lipinski definition) is 6. The molecule has 27 heavy (non-hydrogen) atoms. The molecule has 1 N–H and O–H groups in total. The number of rotatable bonds is 5. The smallest absolute Gasteiger partial charge is 0.214 e. The lowest BCUT2D eigenvalue weighted by molar-refractivity contribution is 0.0275. The quantitative estimate of drug-likeness (QED) is 0.789. The average Bonchev–Trinajstić information content (AvgIpc) is 2.69. The predicted octanol–water partition coefficient (Wildman–Crippen LogP) is 2.61. The largest absolute Gasteiger partial charge is 0.481 e. The molecule has 0 aliphatic carbocycles. The van der Waals surface area contributed by atoms with Crippen LogP contribution in [-0.2, 0) is 11.2 Å². The summed E-state index contributed by atoms with van der Waals surface area (Å²) >= 11 is 0. The summed E-state index contributed by atoms with van der Waals surface area (Å²) in [5.41, 5.74) is 1.36. The molecule has 1 aromatic carbocycles. The maximum Gasteiger partial charge on any atom is 0.214 e. The molecule has 1 aliphatic rings. The number of ether oxygens (including phenoxy) is 2. The fraction of sp³-hybridized carbons (Fsp3) is 0.316. The third-order valence-corrected chi connectivity index (χ3v) is 4.18. The molecule has 3 rings (SSSR count). The van der Waals surface area contributed by atoms with Gasteiger partial charge >= 0.3 is 0 Å². The molecule has 1 saturated heterocycles. The van der Waals surface area contributed by atoms with Crippen LogP contribution in [-0.4, -0.2) is 37.6 Å². The highest BCUT2D eigenvalue weighted by Gasteiger charge is 2.19. The molecule has 0 amide bonds. The van der Waals surface area contributed by atoms with Gasteiger partial charge in [0.2, 0.25) is 5.88 Å². The highest BCUT2D eigenvalue weighted by Crippen LogP contribution is 2.22. The van der Waals surface area contributed by atoms with Crippen molar-refractivity contribution in [1.82, 2.24) is 10.3 Å². The van der Waals surface area contributed by atoms with Crippen molar-refractivity contribution >= 4 is 18.2 Å². The first-order valence-corrected chi connectivity index (χ1v) is 8.20. The van der Waals surface area contributed by atoms with Gasteiger partial charge in [-0.25, -0.2) is 9.37 Å². The summed E-state index contributed by atoms with van der Waals surface area (Å²) in [7, 11) is 1.40. The van der Waals surface area contributed by atoms with E-state index in [1.54, 1.807) is 12.1 Å². The van der Waals surface area contributed by atoms with E-state index >= 15 is 0 Å². The maximum absolute atomic E-state index is 14.5. The van der Waals surface area contributed by atoms with Gasteiger partial charge in [-0.2, -0.15) is 5.26 Å². The van der Waals surface area contributed by atoms with Crippen LogP contribution in [0.15, 0.2) is 30.3 Å². The molecule has 2 heterocycles. The molecule has 1 aliphatic heterocycles. The number of ketones is 1. The minimum absolute atomic E-state index is 0. The van der Waals surface area contributed by atoms with Crippen molar-refractivity contribution in [3.63, 3.8) is 0 Å². The highest BCUT2D eigenvalue weighted by molar-refractivity contribution is 5.98. The Morgan fingerprint density at radius 1 is 1.44 bits per heavy atom. The minimum atomic E-state index is -0.452. The number of halogens is 2. The molecule has 0 bridgehead atoms. The average molecular weight is 392 g/mol. The van der Waals surface area contributed by atoms with Gasteiger partial charge in [0, 0.05) is 31.1 Å². The molecule has 0 saturated carbocycles. The fourth-order valence-corrected chi connectivity index (χ4v) is 2.79. The molecule has 142 valence electrons. The van der Waals surface area contributed by atoms with Crippen LogP contribution in [0.25, 0.3) is 0 Å². The molecule has 0 unspecified atom stereocenters. The van der Waals surface area contributed by atoms with Crippen molar-refractivity contribution in [1.29, 1.82) is 5.26 Å². The molecule has 8 heteroatoms. The van der Waals surface area contributed by atoms with Crippen molar-refractivity contribution in [3.05, 3.63) is 58.5 Å². The SMILES string of the molecule is COc1cc(C(=O)Cc2ccc([C@H]3CNCCO3)cc2F)cc(C#N)n1.Cl. The fourth-order valence-electron chi connectivity index (χ4n) is 2.79. The van der Waals surface area contributed by atoms with E-state index < -0.39 is 5.82 Å². The Morgan fingerprint density at radius 3 is 2.89 bits per heavy atom. The van der Waals surface area contributed by atoms with Gasteiger partial charge in [-0.3, -0.25) is 4.79 Å². The first-order valence-electron chi connectivity index (χ1n) is 8.20. The van der Waals surface area contributed by atoms with E-state index in [2.05, 4.69) is 10.3 Å². The second-order valence-electron chi connectivity index (χ2n) is 5.91. The van der Waals surface area contributed by atoms with Crippen molar-refractivity contribution in [2.24, 2.45) is 0 Å². The van der Waals surface area contributed by atoms with E-state index in [1.165, 1.54) is 25.3 Å². The Balaban J connectivity index is 0.00000261. The highest BCUT2D eigenvalue weighted by atomic mass is 35.5. The summed E-state index contributed by atoms with van der Waals surface area (Å²) in [4.78, 5) is 16.4. The van der Waals surface area contributed by atoms with Crippen molar-refractivity contribution < 1.29 is 18.7 Å². The zero-order valence-electron chi connectivity index (χ0n) is 14.7. The Kier molecular flexibility index (Phi) is 7.25. The zero-order valence-corrected chi connectivity index (χ0v) is 15.5. The van der Waals surface area contributed by atoms with Crippen LogP contribution in [0.5, 0.6) is 5.88 Å². The molecule has 6 nitrogen and oxygen atoms in total. The summed E-state index contributed by atoms with van der Waals surface area (Å²) in [6.07, 6.45) is -0.306. The number of hydrogen-bond donors (Lipinski definition) is 1. The van der Waals surface area contributed by atoms with Crippen molar-refractivity contribution in [2.75, 3.05) is 26.8 Å². The van der Waals surface area contributed by atoms with Gasteiger partial charge in [0.15, 0.2) is 5.78 Å². The van der Waals surface area contributed by atoms with Gasteiger partial charge < -0.3 is 14.8 Å². The van der Waals surface area contributed by atoms with E-state index in [9.17, 15) is 9.18 Å².